The minimum absolute atomic E-state index is 0.00343. The summed E-state index contributed by atoms with van der Waals surface area (Å²) < 4.78 is 22.8. The van der Waals surface area contributed by atoms with Gasteiger partial charge in [-0.3, -0.25) is 9.99 Å². The number of nitrogens with zero attached hydrogens (tertiary/aromatic N) is 3. The van der Waals surface area contributed by atoms with Crippen molar-refractivity contribution in [3.63, 3.8) is 0 Å². The fourth-order valence-corrected chi connectivity index (χ4v) is 4.50. The Hall–Kier alpha value is -2.88. The molecular weight excluding hydrogens is 487 g/mol. The Kier molecular flexibility index (Phi) is 10.1. The average molecular weight is 519 g/mol. The van der Waals surface area contributed by atoms with Crippen molar-refractivity contribution in [1.82, 2.24) is 4.98 Å². The van der Waals surface area contributed by atoms with Crippen LogP contribution in [0.2, 0.25) is 5.02 Å². The summed E-state index contributed by atoms with van der Waals surface area (Å²) >= 11 is 7.77. The number of halogens is 2. The molecule has 0 atom stereocenters. The predicted octanol–water partition coefficient (Wildman–Crippen LogP) is 6.63. The van der Waals surface area contributed by atoms with Gasteiger partial charge in [-0.05, 0) is 49.1 Å². The second-order valence-electron chi connectivity index (χ2n) is 8.04. The smallest absolute Gasteiger partial charge is 0.149 e. The van der Waals surface area contributed by atoms with Crippen molar-refractivity contribution in [3.05, 3.63) is 71.8 Å². The molecule has 10 heteroatoms. The lowest BCUT2D eigenvalue weighted by atomic mass is 10.2. The molecule has 2 aromatic heterocycles. The van der Waals surface area contributed by atoms with Crippen molar-refractivity contribution >= 4 is 46.3 Å². The number of nitrogens with two attached hydrogens (primary N) is 2. The van der Waals surface area contributed by atoms with E-state index in [2.05, 4.69) is 28.5 Å². The molecule has 35 heavy (non-hydrogen) atoms. The summed E-state index contributed by atoms with van der Waals surface area (Å²) in [6.07, 6.45) is 12.6. The first-order valence-corrected chi connectivity index (χ1v) is 12.8. The van der Waals surface area contributed by atoms with Gasteiger partial charge in [0.15, 0.2) is 0 Å². The zero-order valence-electron chi connectivity index (χ0n) is 20.0. The highest BCUT2D eigenvalue weighted by Crippen LogP contribution is 2.37. The van der Waals surface area contributed by atoms with Crippen molar-refractivity contribution in [2.45, 2.75) is 44.4 Å². The Morgan fingerprint density at radius 3 is 2.74 bits per heavy atom. The van der Waals surface area contributed by atoms with Crippen LogP contribution in [-0.2, 0) is 0 Å². The molecule has 3 aromatic rings. The Morgan fingerprint density at radius 2 is 2.03 bits per heavy atom. The van der Waals surface area contributed by atoms with Gasteiger partial charge in [-0.25, -0.2) is 10.2 Å². The molecule has 0 aliphatic heterocycles. The van der Waals surface area contributed by atoms with Crippen molar-refractivity contribution in [1.29, 1.82) is 0 Å². The van der Waals surface area contributed by atoms with Crippen LogP contribution in [0, 0.1) is 5.82 Å². The maximum Gasteiger partial charge on any atom is 0.149 e. The molecule has 7 nitrogen and oxygen atoms in total. The van der Waals surface area contributed by atoms with Crippen LogP contribution in [0.1, 0.15) is 45.1 Å². The summed E-state index contributed by atoms with van der Waals surface area (Å²) in [6.45, 7) is 6.23. The number of furan rings is 1. The lowest BCUT2D eigenvalue weighted by molar-refractivity contribution is 0.562. The summed E-state index contributed by atoms with van der Waals surface area (Å²) in [4.78, 5) is 7.53. The third-order valence-corrected chi connectivity index (χ3v) is 6.50. The number of rotatable bonds is 13. The van der Waals surface area contributed by atoms with E-state index in [1.807, 2.05) is 12.3 Å². The summed E-state index contributed by atoms with van der Waals surface area (Å²) in [5, 5.41) is 1.22. The van der Waals surface area contributed by atoms with Crippen LogP contribution >= 0.6 is 23.5 Å². The molecule has 3 rings (SSSR count). The molecular formula is C25H32ClFN6OS. The topological polar surface area (TPSA) is 96.6 Å². The highest BCUT2D eigenvalue weighted by atomic mass is 35.5. The van der Waals surface area contributed by atoms with Gasteiger partial charge in [0.2, 0.25) is 0 Å². The Balaban J connectivity index is 1.80. The zero-order valence-corrected chi connectivity index (χ0v) is 21.6. The maximum absolute atomic E-state index is 14.7. The summed E-state index contributed by atoms with van der Waals surface area (Å²) in [7, 11) is 0. The lowest BCUT2D eigenvalue weighted by Crippen LogP contribution is -2.27. The van der Waals surface area contributed by atoms with E-state index in [1.165, 1.54) is 30.6 Å². The number of hydrogen-bond donors (Lipinski definition) is 3. The molecule has 0 saturated carbocycles. The molecule has 188 valence electrons. The number of anilines is 3. The summed E-state index contributed by atoms with van der Waals surface area (Å²) in [6, 6.07) is 6.61. The van der Waals surface area contributed by atoms with E-state index in [-0.39, 0.29) is 10.7 Å². The molecule has 0 unspecified atom stereocenters. The van der Waals surface area contributed by atoms with E-state index < -0.39 is 5.82 Å². The van der Waals surface area contributed by atoms with Gasteiger partial charge in [-0.1, -0.05) is 38.3 Å². The maximum atomic E-state index is 14.7. The fourth-order valence-electron chi connectivity index (χ4n) is 3.52. The Morgan fingerprint density at radius 1 is 1.20 bits per heavy atom. The van der Waals surface area contributed by atoms with Gasteiger partial charge in [0.1, 0.15) is 17.8 Å². The predicted molar refractivity (Wildman–Crippen MR) is 145 cm³/mol. The molecule has 0 saturated heterocycles. The number of pyridine rings is 1. The van der Waals surface area contributed by atoms with E-state index in [0.717, 1.165) is 47.9 Å². The second kappa shape index (κ2) is 13.3. The SMILES string of the molecule is CCCCCN(CCC)c1cncc(/C(N)=C/N(N)c2c(F)ccc(NSc3ccoc3)c2Cl)c1. The highest BCUT2D eigenvalue weighted by Gasteiger charge is 2.17. The quantitative estimate of drug-likeness (QED) is 0.100. The summed E-state index contributed by atoms with van der Waals surface area (Å²) in [5.74, 6) is 5.62. The Labute approximate surface area is 215 Å². The number of hydrogen-bond acceptors (Lipinski definition) is 8. The standard InChI is InChI=1S/C25H32ClFN6OS/c1-3-5-6-11-32(10-4-2)19-13-18(14-30-15-19)22(28)16-33(29)25-21(27)7-8-23(24(25)26)31-35-20-9-12-34-17-20/h7-9,12-17,31H,3-6,10-11,28-29H2,1-2H3/b22-16-. The van der Waals surface area contributed by atoms with Crippen LogP contribution < -0.4 is 26.2 Å². The van der Waals surface area contributed by atoms with Crippen LogP contribution in [0.4, 0.5) is 21.5 Å². The highest BCUT2D eigenvalue weighted by molar-refractivity contribution is 8.00. The van der Waals surface area contributed by atoms with Gasteiger partial charge >= 0.3 is 0 Å². The second-order valence-corrected chi connectivity index (χ2v) is 9.30. The van der Waals surface area contributed by atoms with E-state index in [1.54, 1.807) is 30.9 Å². The number of hydrazine groups is 1. The molecule has 0 radical (unpaired) electrons. The third-order valence-electron chi connectivity index (χ3n) is 5.32. The molecule has 1 aromatic carbocycles. The van der Waals surface area contributed by atoms with Gasteiger partial charge in [-0.2, -0.15) is 0 Å². The molecule has 2 heterocycles. The van der Waals surface area contributed by atoms with Crippen LogP contribution in [0.3, 0.4) is 0 Å². The number of benzene rings is 1. The monoisotopic (exact) mass is 518 g/mol. The molecule has 0 fully saturated rings. The van der Waals surface area contributed by atoms with Gasteiger partial charge in [0, 0.05) is 31.0 Å². The molecule has 0 aliphatic carbocycles. The molecule has 0 aliphatic rings. The van der Waals surface area contributed by atoms with Gasteiger partial charge in [0.05, 0.1) is 39.4 Å². The molecule has 0 amide bonds. The third kappa shape index (κ3) is 7.30. The van der Waals surface area contributed by atoms with Crippen molar-refractivity contribution in [2.24, 2.45) is 11.6 Å². The van der Waals surface area contributed by atoms with Gasteiger partial charge in [-0.15, -0.1) is 0 Å². The van der Waals surface area contributed by atoms with Crippen molar-refractivity contribution < 1.29 is 8.81 Å². The zero-order chi connectivity index (χ0) is 25.2. The molecule has 0 spiro atoms. The molecule has 0 bridgehead atoms. The van der Waals surface area contributed by atoms with Crippen LogP contribution in [0.5, 0.6) is 0 Å². The normalized spacial score (nSPS) is 11.5. The fraction of sp³-hybridized carbons (Fsp3) is 0.320. The first-order chi connectivity index (χ1) is 16.9. The van der Waals surface area contributed by atoms with Crippen LogP contribution in [0.25, 0.3) is 5.70 Å². The largest absolute Gasteiger partial charge is 0.471 e. The number of unbranched alkanes of at least 4 members (excludes halogenated alkanes) is 2. The van der Waals surface area contributed by atoms with Gasteiger partial charge < -0.3 is 19.8 Å². The summed E-state index contributed by atoms with van der Waals surface area (Å²) in [5.41, 5.74) is 8.87. The van der Waals surface area contributed by atoms with E-state index >= 15 is 0 Å². The Bertz CT molecular complexity index is 1110. The van der Waals surface area contributed by atoms with E-state index in [4.69, 9.17) is 27.6 Å². The minimum Gasteiger partial charge on any atom is -0.471 e. The first kappa shape index (κ1) is 26.7. The number of aromatic nitrogens is 1. The average Bonchev–Trinajstić information content (AvgIpc) is 3.37. The van der Waals surface area contributed by atoms with E-state index in [0.29, 0.717) is 16.9 Å². The van der Waals surface area contributed by atoms with Crippen LogP contribution in [-0.4, -0.2) is 18.1 Å². The number of nitrogens with one attached hydrogen (secondary N) is 1. The lowest BCUT2D eigenvalue weighted by Gasteiger charge is -2.24. The first-order valence-electron chi connectivity index (χ1n) is 11.6. The van der Waals surface area contributed by atoms with E-state index in [9.17, 15) is 4.39 Å². The minimum atomic E-state index is -0.572. The van der Waals surface area contributed by atoms with Gasteiger partial charge in [0.25, 0.3) is 0 Å². The van der Waals surface area contributed by atoms with Crippen molar-refractivity contribution in [2.75, 3.05) is 27.7 Å². The van der Waals surface area contributed by atoms with Crippen LogP contribution in [0.15, 0.2) is 64.7 Å². The molecule has 5 N–H and O–H groups in total. The van der Waals surface area contributed by atoms with Crippen molar-refractivity contribution in [3.8, 4) is 0 Å².